The van der Waals surface area contributed by atoms with Gasteiger partial charge in [-0.25, -0.2) is 0 Å². The van der Waals surface area contributed by atoms with Crippen LogP contribution in [0.1, 0.15) is 80.5 Å². The Hall–Kier alpha value is -7.66. The number of rotatable bonds is 9. The van der Waals surface area contributed by atoms with Gasteiger partial charge in [0.05, 0.1) is 23.1 Å². The van der Waals surface area contributed by atoms with E-state index < -0.39 is 0 Å². The first-order chi connectivity index (χ1) is 36.7. The number of dihydropyridines is 1. The predicted molar refractivity (Wildman–Crippen MR) is 309 cm³/mol. The fourth-order valence-corrected chi connectivity index (χ4v) is 13.7. The third-order valence-electron chi connectivity index (χ3n) is 17.4. The molecule has 9 aliphatic rings. The van der Waals surface area contributed by atoms with Gasteiger partial charge in [0.15, 0.2) is 0 Å². The van der Waals surface area contributed by atoms with Crippen LogP contribution < -0.4 is 10.6 Å². The maximum absolute atomic E-state index is 4.09. The van der Waals surface area contributed by atoms with Crippen molar-refractivity contribution in [2.75, 3.05) is 0 Å². The van der Waals surface area contributed by atoms with Gasteiger partial charge in [0.25, 0.3) is 0 Å². The lowest BCUT2D eigenvalue weighted by molar-refractivity contribution is 0.367. The molecule has 2 N–H and O–H groups in total. The summed E-state index contributed by atoms with van der Waals surface area (Å²) < 4.78 is 2.51. The van der Waals surface area contributed by atoms with Gasteiger partial charge in [0.1, 0.15) is 0 Å². The van der Waals surface area contributed by atoms with Crippen molar-refractivity contribution in [3.8, 4) is 5.69 Å². The van der Waals surface area contributed by atoms with E-state index in [2.05, 4.69) is 245 Å². The number of hydrogen-bond acceptors (Lipinski definition) is 3. The highest BCUT2D eigenvalue weighted by Crippen LogP contribution is 2.51. The van der Waals surface area contributed by atoms with E-state index >= 15 is 0 Å². The molecular weight excluding hydrogens is 897 g/mol. The third-order valence-corrected chi connectivity index (χ3v) is 17.4. The van der Waals surface area contributed by atoms with Crippen molar-refractivity contribution in [3.05, 3.63) is 281 Å². The molecule has 6 aliphatic carbocycles. The van der Waals surface area contributed by atoms with Crippen LogP contribution in [0.25, 0.3) is 38.6 Å². The van der Waals surface area contributed by atoms with Crippen LogP contribution in [0.4, 0.5) is 0 Å². The lowest BCUT2D eigenvalue weighted by Crippen LogP contribution is -2.45. The van der Waals surface area contributed by atoms with Gasteiger partial charge in [-0.2, -0.15) is 0 Å². The molecule has 364 valence electrons. The molecule has 74 heavy (non-hydrogen) atoms. The van der Waals surface area contributed by atoms with Crippen molar-refractivity contribution in [1.29, 1.82) is 0 Å². The predicted octanol–water partition coefficient (Wildman–Crippen LogP) is 16.1. The number of allylic oxidation sites excluding steroid dienone is 22. The average molecular weight is 961 g/mol. The van der Waals surface area contributed by atoms with Crippen molar-refractivity contribution in [3.63, 3.8) is 0 Å². The molecule has 4 heterocycles. The van der Waals surface area contributed by atoms with Crippen LogP contribution >= 0.6 is 0 Å². The summed E-state index contributed by atoms with van der Waals surface area (Å²) in [5.74, 6) is 1.26. The molecule has 4 heteroatoms. The monoisotopic (exact) mass is 961 g/mol. The second-order valence-electron chi connectivity index (χ2n) is 21.7. The number of aromatic nitrogens is 1. The van der Waals surface area contributed by atoms with Gasteiger partial charge in [-0.3, -0.25) is 0 Å². The standard InChI is InChI=1S/C70H64N4/c1-5-19-47(20-6-1)63-43-55(44-64(71-63)48-21-7-2-8-22-48)51-27-17-29-57(39-51)73-67-33-15-13-31-59(67)61-41-53(35-37-69(61)73)54-36-38-70-62(42-54)60-32-14-16-34-68(60)74(70)58-30-18-28-52(40-58)56-45-65(49-23-9-3-10-24-49)72-66(46-56)50-25-11-4-12-26-50/h1-7,9-11,13-17,19,21,23-25,27-29,31-41,43,45-47,60,62-65,68,71-72H,8,12,18,20,22,26,30,42,44H2. The topological polar surface area (TPSA) is 32.2 Å². The van der Waals surface area contributed by atoms with Gasteiger partial charge in [-0.05, 0) is 163 Å². The Kier molecular flexibility index (Phi) is 11.7. The van der Waals surface area contributed by atoms with Gasteiger partial charge >= 0.3 is 0 Å². The Bertz CT molecular complexity index is 3580. The highest BCUT2D eigenvalue weighted by atomic mass is 15.2. The van der Waals surface area contributed by atoms with Crippen molar-refractivity contribution in [2.24, 2.45) is 17.8 Å². The van der Waals surface area contributed by atoms with E-state index in [9.17, 15) is 0 Å². The molecule has 4 nitrogen and oxygen atoms in total. The highest BCUT2D eigenvalue weighted by Gasteiger charge is 2.45. The summed E-state index contributed by atoms with van der Waals surface area (Å²) in [6.07, 6.45) is 59.2. The van der Waals surface area contributed by atoms with E-state index in [1.807, 2.05) is 0 Å². The minimum Gasteiger partial charge on any atom is -0.374 e. The molecule has 4 aromatic carbocycles. The summed E-state index contributed by atoms with van der Waals surface area (Å²) in [6.45, 7) is 0. The quantitative estimate of drug-likeness (QED) is 0.154. The summed E-state index contributed by atoms with van der Waals surface area (Å²) in [6, 6.07) is 37.6. The molecule has 1 saturated heterocycles. The maximum atomic E-state index is 4.09. The number of benzene rings is 4. The summed E-state index contributed by atoms with van der Waals surface area (Å²) in [5, 5.41) is 10.6. The molecule has 0 saturated carbocycles. The zero-order chi connectivity index (χ0) is 49.0. The highest BCUT2D eigenvalue weighted by molar-refractivity contribution is 6.10. The fourth-order valence-electron chi connectivity index (χ4n) is 13.7. The summed E-state index contributed by atoms with van der Waals surface area (Å²) >= 11 is 0. The van der Waals surface area contributed by atoms with Crippen molar-refractivity contribution < 1.29 is 0 Å². The van der Waals surface area contributed by atoms with Crippen LogP contribution in [0.2, 0.25) is 0 Å². The largest absolute Gasteiger partial charge is 0.374 e. The molecule has 14 rings (SSSR count). The minimum atomic E-state index is 0.115. The van der Waals surface area contributed by atoms with E-state index in [-0.39, 0.29) is 12.1 Å². The molecule has 1 aromatic heterocycles. The molecule has 0 amide bonds. The van der Waals surface area contributed by atoms with E-state index in [1.165, 1.54) is 94.7 Å². The van der Waals surface area contributed by atoms with Crippen LogP contribution in [0.15, 0.2) is 264 Å². The Morgan fingerprint density at radius 3 is 2.30 bits per heavy atom. The Morgan fingerprint density at radius 1 is 0.568 bits per heavy atom. The van der Waals surface area contributed by atoms with Gasteiger partial charge < -0.3 is 20.1 Å². The maximum Gasteiger partial charge on any atom is 0.0707 e. The number of fused-ring (bicyclic) bond motifs is 6. The Balaban J connectivity index is 0.788. The van der Waals surface area contributed by atoms with Gasteiger partial charge in [-0.15, -0.1) is 0 Å². The first kappa shape index (κ1) is 45.0. The average Bonchev–Trinajstić information content (AvgIpc) is 4.00. The molecule has 5 aromatic rings. The lowest BCUT2D eigenvalue weighted by atomic mass is 9.79. The summed E-state index contributed by atoms with van der Waals surface area (Å²) in [7, 11) is 0. The van der Waals surface area contributed by atoms with E-state index in [0.29, 0.717) is 29.8 Å². The van der Waals surface area contributed by atoms with E-state index in [0.717, 1.165) is 57.8 Å². The Morgan fingerprint density at radius 2 is 1.42 bits per heavy atom. The lowest BCUT2D eigenvalue weighted by Gasteiger charge is -2.36. The first-order valence-corrected chi connectivity index (χ1v) is 27.5. The van der Waals surface area contributed by atoms with Crippen molar-refractivity contribution >= 4 is 33.0 Å². The molecule has 1 fully saturated rings. The molecule has 0 bridgehead atoms. The van der Waals surface area contributed by atoms with Crippen molar-refractivity contribution in [1.82, 2.24) is 20.1 Å². The number of likely N-dealkylation sites (tertiary alicyclic amines) is 1. The fraction of sp³-hybridized carbons (Fsp3) is 0.229. The zero-order valence-electron chi connectivity index (χ0n) is 42.2. The normalized spacial score (nSPS) is 27.0. The number of nitrogens with zero attached hydrogens (tertiary/aromatic N) is 2. The van der Waals surface area contributed by atoms with Gasteiger partial charge in [-0.1, -0.05) is 176 Å². The van der Waals surface area contributed by atoms with Crippen LogP contribution in [0, 0.1) is 17.8 Å². The second kappa shape index (κ2) is 19.3. The summed E-state index contributed by atoms with van der Waals surface area (Å²) in [5.41, 5.74) is 20.2. The SMILES string of the molecule is C1=CCCC(C2=CC(C3=CCCC(N4C5=CC=C(c6ccc7c(c6)c6ccccc6n7-c6cccc(C7=CC(C8C=CC=CC8)NC(C8=CC=CCC8)C7)c6)CC5C5C=CC=CC54)=C3)=CC(c3ccccc3)N2)=C1. The first-order valence-electron chi connectivity index (χ1n) is 27.5. The minimum absolute atomic E-state index is 0.115. The number of nitrogens with one attached hydrogen (secondary N) is 2. The molecule has 3 aliphatic heterocycles. The smallest absolute Gasteiger partial charge is 0.0707 e. The zero-order valence-corrected chi connectivity index (χ0v) is 42.2. The molecule has 7 unspecified atom stereocenters. The molecule has 7 atom stereocenters. The summed E-state index contributed by atoms with van der Waals surface area (Å²) in [4.78, 5) is 2.73. The molecular formula is C70H64N4. The number of para-hydroxylation sites is 1. The van der Waals surface area contributed by atoms with E-state index in [1.54, 1.807) is 0 Å². The van der Waals surface area contributed by atoms with Crippen LogP contribution in [0.5, 0.6) is 0 Å². The Labute approximate surface area is 437 Å². The molecule has 0 radical (unpaired) electrons. The molecule has 0 spiro atoms. The van der Waals surface area contributed by atoms with Crippen molar-refractivity contribution in [2.45, 2.75) is 82.0 Å². The van der Waals surface area contributed by atoms with Crippen LogP contribution in [-0.4, -0.2) is 27.6 Å². The van der Waals surface area contributed by atoms with Gasteiger partial charge in [0.2, 0.25) is 0 Å². The van der Waals surface area contributed by atoms with E-state index in [4.69, 9.17) is 0 Å². The number of hydrogen-bond donors (Lipinski definition) is 2. The third kappa shape index (κ3) is 8.30. The second-order valence-corrected chi connectivity index (χ2v) is 21.7. The van der Waals surface area contributed by atoms with Crippen LogP contribution in [-0.2, 0) is 0 Å². The van der Waals surface area contributed by atoms with Crippen LogP contribution in [0.3, 0.4) is 0 Å². The van der Waals surface area contributed by atoms with Gasteiger partial charge in [0, 0.05) is 57.5 Å².